The molecule has 100 valence electrons. The first-order chi connectivity index (χ1) is 9.28. The van der Waals surface area contributed by atoms with Gasteiger partial charge in [-0.25, -0.2) is 0 Å². The maximum Gasteiger partial charge on any atom is 0.250 e. The summed E-state index contributed by atoms with van der Waals surface area (Å²) in [5, 5.41) is 3.60. The van der Waals surface area contributed by atoms with E-state index in [0.717, 1.165) is 31.9 Å². The molecule has 0 spiro atoms. The van der Waals surface area contributed by atoms with Crippen molar-refractivity contribution in [2.75, 3.05) is 26.2 Å². The van der Waals surface area contributed by atoms with E-state index >= 15 is 0 Å². The number of rotatable bonds is 3. The minimum atomic E-state index is 0.120. The Balaban J connectivity index is 1.80. The second-order valence-electron chi connectivity index (χ2n) is 5.41. The SMILES string of the molecule is [N-]=[N+]=NCCN1C[C@H]2C[C@H](C1)c1cccc(=O)n1C2. The van der Waals surface area contributed by atoms with Crippen molar-refractivity contribution in [2.45, 2.75) is 18.9 Å². The van der Waals surface area contributed by atoms with Crippen molar-refractivity contribution in [2.24, 2.45) is 11.0 Å². The number of pyridine rings is 1. The van der Waals surface area contributed by atoms with E-state index in [0.29, 0.717) is 18.4 Å². The molecule has 6 heteroatoms. The second-order valence-corrected chi connectivity index (χ2v) is 5.41. The summed E-state index contributed by atoms with van der Waals surface area (Å²) in [6.45, 7) is 4.12. The molecule has 1 fully saturated rings. The number of azide groups is 1. The molecule has 0 radical (unpaired) electrons. The van der Waals surface area contributed by atoms with Gasteiger partial charge < -0.3 is 9.47 Å². The van der Waals surface area contributed by atoms with Crippen molar-refractivity contribution >= 4 is 0 Å². The number of piperidine rings is 1. The first-order valence-electron chi connectivity index (χ1n) is 6.71. The van der Waals surface area contributed by atoms with Gasteiger partial charge in [-0.05, 0) is 23.9 Å². The average Bonchev–Trinajstić information content (AvgIpc) is 2.40. The van der Waals surface area contributed by atoms with E-state index < -0.39 is 0 Å². The summed E-state index contributed by atoms with van der Waals surface area (Å²) in [4.78, 5) is 17.0. The maximum atomic E-state index is 11.9. The molecule has 0 amide bonds. The molecule has 0 N–H and O–H groups in total. The molecule has 3 heterocycles. The summed E-state index contributed by atoms with van der Waals surface area (Å²) in [7, 11) is 0. The van der Waals surface area contributed by atoms with Crippen molar-refractivity contribution < 1.29 is 0 Å². The van der Waals surface area contributed by atoms with E-state index in [9.17, 15) is 4.79 Å². The van der Waals surface area contributed by atoms with Crippen LogP contribution in [0.3, 0.4) is 0 Å². The number of fused-ring (bicyclic) bond motifs is 4. The van der Waals surface area contributed by atoms with E-state index in [1.807, 2.05) is 10.6 Å². The zero-order chi connectivity index (χ0) is 13.2. The molecule has 0 aromatic carbocycles. The third-order valence-electron chi connectivity index (χ3n) is 4.13. The third-order valence-corrected chi connectivity index (χ3v) is 4.13. The van der Waals surface area contributed by atoms with Gasteiger partial charge in [-0.1, -0.05) is 11.2 Å². The molecule has 1 saturated heterocycles. The van der Waals surface area contributed by atoms with Gasteiger partial charge in [0.2, 0.25) is 0 Å². The van der Waals surface area contributed by atoms with E-state index in [1.165, 1.54) is 6.42 Å². The molecular formula is C13H17N5O. The summed E-state index contributed by atoms with van der Waals surface area (Å²) in [6.07, 6.45) is 1.17. The van der Waals surface area contributed by atoms with Crippen LogP contribution in [0.25, 0.3) is 10.4 Å². The van der Waals surface area contributed by atoms with Crippen molar-refractivity contribution in [3.8, 4) is 0 Å². The zero-order valence-electron chi connectivity index (χ0n) is 10.8. The molecule has 1 aromatic rings. The number of nitrogens with zero attached hydrogens (tertiary/aromatic N) is 5. The zero-order valence-corrected chi connectivity index (χ0v) is 10.8. The fourth-order valence-corrected chi connectivity index (χ4v) is 3.41. The van der Waals surface area contributed by atoms with Crippen LogP contribution in [0, 0.1) is 5.92 Å². The molecule has 19 heavy (non-hydrogen) atoms. The molecular weight excluding hydrogens is 242 g/mol. The lowest BCUT2D eigenvalue weighted by atomic mass is 9.83. The van der Waals surface area contributed by atoms with Crippen LogP contribution in [0.5, 0.6) is 0 Å². The summed E-state index contributed by atoms with van der Waals surface area (Å²) in [5.74, 6) is 0.977. The van der Waals surface area contributed by atoms with Gasteiger partial charge in [-0.15, -0.1) is 0 Å². The predicted molar refractivity (Wildman–Crippen MR) is 72.0 cm³/mol. The first-order valence-corrected chi connectivity index (χ1v) is 6.71. The minimum absolute atomic E-state index is 0.120. The maximum absolute atomic E-state index is 11.9. The largest absolute Gasteiger partial charge is 0.312 e. The highest BCUT2D eigenvalue weighted by Crippen LogP contribution is 2.34. The quantitative estimate of drug-likeness (QED) is 0.469. The summed E-state index contributed by atoms with van der Waals surface area (Å²) in [6, 6.07) is 5.57. The minimum Gasteiger partial charge on any atom is -0.312 e. The van der Waals surface area contributed by atoms with Gasteiger partial charge in [0.1, 0.15) is 0 Å². The van der Waals surface area contributed by atoms with Crippen molar-refractivity contribution in [1.29, 1.82) is 0 Å². The number of hydrogen-bond acceptors (Lipinski definition) is 3. The Labute approximate surface area is 111 Å². The first kappa shape index (κ1) is 12.3. The monoisotopic (exact) mass is 259 g/mol. The Bertz CT molecular complexity index is 575. The lowest BCUT2D eigenvalue weighted by Gasteiger charge is -2.42. The standard InChI is InChI=1S/C13H17N5O/c14-16-15-4-5-17-7-10-6-11(9-17)12-2-1-3-13(19)18(12)8-10/h1-3,10-11H,4-9H2/t10-,11-/m1/s1. The molecule has 2 atom stereocenters. The van der Waals surface area contributed by atoms with Crippen LogP contribution < -0.4 is 5.56 Å². The van der Waals surface area contributed by atoms with E-state index in [4.69, 9.17) is 5.53 Å². The Kier molecular flexibility index (Phi) is 3.27. The lowest BCUT2D eigenvalue weighted by Crippen LogP contribution is -2.47. The fraction of sp³-hybridized carbons (Fsp3) is 0.615. The molecule has 2 aliphatic rings. The molecule has 6 nitrogen and oxygen atoms in total. The van der Waals surface area contributed by atoms with Crippen LogP contribution in [0.15, 0.2) is 28.1 Å². The highest BCUT2D eigenvalue weighted by Gasteiger charge is 2.33. The van der Waals surface area contributed by atoms with Gasteiger partial charge >= 0.3 is 0 Å². The summed E-state index contributed by atoms with van der Waals surface area (Å²) >= 11 is 0. The molecule has 3 rings (SSSR count). The molecule has 1 aromatic heterocycles. The van der Waals surface area contributed by atoms with Gasteiger partial charge in [-0.2, -0.15) is 0 Å². The fourth-order valence-electron chi connectivity index (χ4n) is 3.41. The Morgan fingerprint density at radius 3 is 3.11 bits per heavy atom. The van der Waals surface area contributed by atoms with Gasteiger partial charge in [0.05, 0.1) is 0 Å². The highest BCUT2D eigenvalue weighted by molar-refractivity contribution is 5.16. The van der Waals surface area contributed by atoms with E-state index in [1.54, 1.807) is 6.07 Å². The Hall–Kier alpha value is -1.78. The lowest BCUT2D eigenvalue weighted by molar-refractivity contribution is 0.123. The molecule has 0 saturated carbocycles. The normalized spacial score (nSPS) is 25.5. The van der Waals surface area contributed by atoms with Crippen LogP contribution in [0.2, 0.25) is 0 Å². The van der Waals surface area contributed by atoms with Crippen LogP contribution in [0.4, 0.5) is 0 Å². The number of likely N-dealkylation sites (tertiary alicyclic amines) is 1. The molecule has 0 unspecified atom stereocenters. The summed E-state index contributed by atoms with van der Waals surface area (Å²) in [5.41, 5.74) is 9.60. The topological polar surface area (TPSA) is 74.0 Å². The summed E-state index contributed by atoms with van der Waals surface area (Å²) < 4.78 is 1.93. The van der Waals surface area contributed by atoms with Crippen molar-refractivity contribution in [3.05, 3.63) is 44.7 Å². The van der Waals surface area contributed by atoms with Crippen LogP contribution in [-0.2, 0) is 6.54 Å². The Morgan fingerprint density at radius 1 is 1.37 bits per heavy atom. The van der Waals surface area contributed by atoms with Crippen LogP contribution in [-0.4, -0.2) is 35.6 Å². The Morgan fingerprint density at radius 2 is 2.26 bits per heavy atom. The smallest absolute Gasteiger partial charge is 0.250 e. The van der Waals surface area contributed by atoms with Gasteiger partial charge in [0.25, 0.3) is 5.56 Å². The second kappa shape index (κ2) is 5.07. The number of aromatic nitrogens is 1. The van der Waals surface area contributed by atoms with Gasteiger partial charge in [0, 0.05) is 55.3 Å². The highest BCUT2D eigenvalue weighted by atomic mass is 16.1. The van der Waals surface area contributed by atoms with Crippen molar-refractivity contribution in [1.82, 2.24) is 9.47 Å². The molecule has 2 aliphatic heterocycles. The van der Waals surface area contributed by atoms with Crippen LogP contribution >= 0.6 is 0 Å². The van der Waals surface area contributed by atoms with Gasteiger partial charge in [-0.3, -0.25) is 4.79 Å². The molecule has 0 aliphatic carbocycles. The van der Waals surface area contributed by atoms with Crippen LogP contribution in [0.1, 0.15) is 18.0 Å². The molecule has 2 bridgehead atoms. The van der Waals surface area contributed by atoms with Gasteiger partial charge in [0.15, 0.2) is 0 Å². The third kappa shape index (κ3) is 2.37. The van der Waals surface area contributed by atoms with Crippen molar-refractivity contribution in [3.63, 3.8) is 0 Å². The van der Waals surface area contributed by atoms with E-state index in [-0.39, 0.29) is 5.56 Å². The van der Waals surface area contributed by atoms with E-state index in [2.05, 4.69) is 21.0 Å². The number of hydrogen-bond donors (Lipinski definition) is 0. The predicted octanol–water partition coefficient (Wildman–Crippen LogP) is 1.58. The average molecular weight is 259 g/mol.